The largest absolute Gasteiger partial charge is 0.502 e. The molecule has 2 aromatic carbocycles. The molecule has 226 valence electrons. The molecule has 0 saturated carbocycles. The number of esters is 1. The topological polar surface area (TPSA) is 161 Å². The molecule has 0 amide bonds. The SMILES string of the molecule is COc1cc([C@@H]2c3cc4c(cc3[C@@H](O[C@@H]3O[C@@H]5CO[C@@H](C)O[C@H]5[C@H](O)[C@H]3O)[C@H]3C(=O)OC[C@H]23)OCO4)cc(OC)c1O. The van der Waals surface area contributed by atoms with Crippen LogP contribution in [0.15, 0.2) is 24.3 Å². The summed E-state index contributed by atoms with van der Waals surface area (Å²) in [5, 5.41) is 32.5. The highest BCUT2D eigenvalue weighted by atomic mass is 16.8. The van der Waals surface area contributed by atoms with Gasteiger partial charge < -0.3 is 58.0 Å². The molecule has 4 heterocycles. The highest BCUT2D eigenvalue weighted by Gasteiger charge is 2.56. The van der Waals surface area contributed by atoms with E-state index in [1.165, 1.54) is 14.2 Å². The van der Waals surface area contributed by atoms with E-state index >= 15 is 0 Å². The van der Waals surface area contributed by atoms with E-state index in [-0.39, 0.29) is 37.3 Å². The predicted octanol–water partition coefficient (Wildman–Crippen LogP) is 1.34. The highest BCUT2D eigenvalue weighted by Crippen LogP contribution is 2.57. The van der Waals surface area contributed by atoms with E-state index in [9.17, 15) is 20.1 Å². The number of aliphatic hydroxyl groups is 2. The van der Waals surface area contributed by atoms with Crippen molar-refractivity contribution in [3.05, 3.63) is 41.0 Å². The number of cyclic esters (lactones) is 1. The Labute approximate surface area is 240 Å². The molecular weight excluding hydrogens is 556 g/mol. The summed E-state index contributed by atoms with van der Waals surface area (Å²) in [5.41, 5.74) is 2.08. The number of ether oxygens (including phenoxy) is 9. The first-order valence-electron chi connectivity index (χ1n) is 13.8. The van der Waals surface area contributed by atoms with Crippen molar-refractivity contribution < 1.29 is 62.7 Å². The lowest BCUT2D eigenvalue weighted by atomic mass is 9.66. The standard InChI is InChI=1S/C29H32O13/c1-11-36-9-20-27(40-11)24(31)25(32)29(41-20)42-26-14-7-17-16(38-10-39-17)6-13(14)21(15-8-37-28(33)22(15)26)12-4-18(34-2)23(30)19(5-12)35-3/h4-7,11,15,20-22,24-27,29-32H,8-10H2,1-3H3/t11-,15-,20-,21-,22+,24-,25-,26-,27-,29+/m1/s1. The number of aromatic hydroxyl groups is 1. The van der Waals surface area contributed by atoms with Crippen molar-refractivity contribution in [1.82, 2.24) is 0 Å². The third-order valence-electron chi connectivity index (χ3n) is 8.75. The highest BCUT2D eigenvalue weighted by molar-refractivity contribution is 5.78. The summed E-state index contributed by atoms with van der Waals surface area (Å²) in [7, 11) is 2.88. The lowest BCUT2D eigenvalue weighted by molar-refractivity contribution is -0.364. The molecule has 10 atom stereocenters. The van der Waals surface area contributed by atoms with E-state index in [0.29, 0.717) is 22.6 Å². The van der Waals surface area contributed by atoms with Gasteiger partial charge in [0.1, 0.15) is 24.4 Å². The van der Waals surface area contributed by atoms with Crippen LogP contribution in [-0.4, -0.2) is 92.5 Å². The zero-order valence-electron chi connectivity index (χ0n) is 23.1. The molecule has 4 aliphatic heterocycles. The van der Waals surface area contributed by atoms with Crippen molar-refractivity contribution in [3.8, 4) is 28.7 Å². The number of aliphatic hydroxyl groups excluding tert-OH is 2. The maximum Gasteiger partial charge on any atom is 0.312 e. The first kappa shape index (κ1) is 27.5. The van der Waals surface area contributed by atoms with Crippen molar-refractivity contribution in [1.29, 1.82) is 0 Å². The fraction of sp³-hybridized carbons (Fsp3) is 0.552. The van der Waals surface area contributed by atoms with Gasteiger partial charge in [0.25, 0.3) is 0 Å². The van der Waals surface area contributed by atoms with E-state index in [2.05, 4.69) is 0 Å². The summed E-state index contributed by atoms with van der Waals surface area (Å²) >= 11 is 0. The van der Waals surface area contributed by atoms with Gasteiger partial charge in [0, 0.05) is 11.8 Å². The number of phenols is 1. The molecular formula is C29H32O13. The van der Waals surface area contributed by atoms with Crippen molar-refractivity contribution in [2.45, 2.75) is 55.9 Å². The van der Waals surface area contributed by atoms with E-state index in [1.54, 1.807) is 25.1 Å². The third kappa shape index (κ3) is 4.26. The molecule has 1 aliphatic carbocycles. The van der Waals surface area contributed by atoms with E-state index in [1.807, 2.05) is 6.07 Å². The van der Waals surface area contributed by atoms with Crippen LogP contribution in [0.4, 0.5) is 0 Å². The number of phenolic OH excluding ortho intramolecular Hbond substituents is 1. The van der Waals surface area contributed by atoms with Gasteiger partial charge in [-0.2, -0.15) is 0 Å². The smallest absolute Gasteiger partial charge is 0.312 e. The Balaban J connectivity index is 1.32. The van der Waals surface area contributed by atoms with Crippen molar-refractivity contribution in [2.24, 2.45) is 11.8 Å². The van der Waals surface area contributed by atoms with Crippen LogP contribution >= 0.6 is 0 Å². The molecule has 2 aromatic rings. The zero-order valence-corrected chi connectivity index (χ0v) is 23.1. The molecule has 7 rings (SSSR count). The van der Waals surface area contributed by atoms with E-state index < -0.39 is 66.8 Å². The molecule has 3 fully saturated rings. The molecule has 0 aromatic heterocycles. The number of benzene rings is 2. The van der Waals surface area contributed by atoms with Gasteiger partial charge in [-0.05, 0) is 47.9 Å². The van der Waals surface area contributed by atoms with E-state index in [0.717, 1.165) is 5.56 Å². The van der Waals surface area contributed by atoms with Crippen LogP contribution in [0.2, 0.25) is 0 Å². The molecule has 5 aliphatic rings. The van der Waals surface area contributed by atoms with Crippen LogP contribution in [-0.2, 0) is 28.5 Å². The summed E-state index contributed by atoms with van der Waals surface area (Å²) < 4.78 is 51.5. The fourth-order valence-corrected chi connectivity index (χ4v) is 6.75. The Kier molecular flexibility index (Phi) is 6.83. The van der Waals surface area contributed by atoms with Crippen LogP contribution in [0.3, 0.4) is 0 Å². The van der Waals surface area contributed by atoms with Crippen LogP contribution in [0.5, 0.6) is 28.7 Å². The molecule has 42 heavy (non-hydrogen) atoms. The Hall–Kier alpha value is -3.33. The van der Waals surface area contributed by atoms with Gasteiger partial charge >= 0.3 is 5.97 Å². The Morgan fingerprint density at radius 1 is 0.881 bits per heavy atom. The summed E-state index contributed by atoms with van der Waals surface area (Å²) in [5.74, 6) is -0.862. The minimum absolute atomic E-state index is 0.0301. The first-order valence-corrected chi connectivity index (χ1v) is 13.8. The molecule has 3 saturated heterocycles. The minimum Gasteiger partial charge on any atom is -0.502 e. The lowest BCUT2D eigenvalue weighted by Gasteiger charge is -2.47. The second-order valence-corrected chi connectivity index (χ2v) is 11.0. The second-order valence-electron chi connectivity index (χ2n) is 11.0. The number of methoxy groups -OCH3 is 2. The fourth-order valence-electron chi connectivity index (χ4n) is 6.75. The van der Waals surface area contributed by atoms with Crippen LogP contribution in [0, 0.1) is 11.8 Å². The van der Waals surface area contributed by atoms with Crippen LogP contribution in [0.25, 0.3) is 0 Å². The van der Waals surface area contributed by atoms with Gasteiger partial charge in [-0.1, -0.05) is 0 Å². The predicted molar refractivity (Wildman–Crippen MR) is 138 cm³/mol. The number of carbonyl (C=O) groups excluding carboxylic acids is 1. The van der Waals surface area contributed by atoms with Crippen molar-refractivity contribution >= 4 is 5.97 Å². The summed E-state index contributed by atoms with van der Waals surface area (Å²) in [6, 6.07) is 7.00. The number of rotatable bonds is 5. The number of hydrogen-bond acceptors (Lipinski definition) is 13. The summed E-state index contributed by atoms with van der Waals surface area (Å²) in [6.07, 6.45) is -7.07. The third-order valence-corrected chi connectivity index (χ3v) is 8.75. The number of carbonyl (C=O) groups is 1. The van der Waals surface area contributed by atoms with Crippen LogP contribution in [0.1, 0.15) is 35.6 Å². The maximum atomic E-state index is 13.4. The molecule has 0 bridgehead atoms. The van der Waals surface area contributed by atoms with Gasteiger partial charge in [0.2, 0.25) is 12.5 Å². The monoisotopic (exact) mass is 588 g/mol. The molecule has 0 radical (unpaired) electrons. The van der Waals surface area contributed by atoms with Gasteiger partial charge in [-0.3, -0.25) is 4.79 Å². The molecule has 0 unspecified atom stereocenters. The first-order chi connectivity index (χ1) is 20.3. The average Bonchev–Trinajstić information content (AvgIpc) is 3.61. The number of hydrogen-bond donors (Lipinski definition) is 3. The Bertz CT molecular complexity index is 1350. The maximum absolute atomic E-state index is 13.4. The summed E-state index contributed by atoms with van der Waals surface area (Å²) in [4.78, 5) is 13.4. The summed E-state index contributed by atoms with van der Waals surface area (Å²) in [6.45, 7) is 1.95. The van der Waals surface area contributed by atoms with Crippen molar-refractivity contribution in [2.75, 3.05) is 34.2 Å². The van der Waals surface area contributed by atoms with Gasteiger partial charge in [0.15, 0.2) is 35.6 Å². The lowest BCUT2D eigenvalue weighted by Crippen LogP contribution is -2.63. The Morgan fingerprint density at radius 2 is 1.57 bits per heavy atom. The van der Waals surface area contributed by atoms with Gasteiger partial charge in [-0.15, -0.1) is 0 Å². The minimum atomic E-state index is -1.46. The second kappa shape index (κ2) is 10.4. The van der Waals surface area contributed by atoms with Crippen molar-refractivity contribution in [3.63, 3.8) is 0 Å². The molecule has 13 nitrogen and oxygen atoms in total. The quantitative estimate of drug-likeness (QED) is 0.430. The Morgan fingerprint density at radius 3 is 2.26 bits per heavy atom. The van der Waals surface area contributed by atoms with Gasteiger partial charge in [-0.25, -0.2) is 0 Å². The van der Waals surface area contributed by atoms with E-state index in [4.69, 9.17) is 42.6 Å². The zero-order chi connectivity index (χ0) is 29.3. The average molecular weight is 589 g/mol. The van der Waals surface area contributed by atoms with Gasteiger partial charge in [0.05, 0.1) is 39.5 Å². The normalized spacial score (nSPS) is 36.5. The number of fused-ring (bicyclic) bond motifs is 4. The van der Waals surface area contributed by atoms with Crippen LogP contribution < -0.4 is 18.9 Å². The molecule has 0 spiro atoms. The molecule has 3 N–H and O–H groups in total. The molecule has 13 heteroatoms.